The molecule has 2 atom stereocenters. The van der Waals surface area contributed by atoms with Gasteiger partial charge >= 0.3 is 0 Å². The van der Waals surface area contributed by atoms with Crippen LogP contribution in [0.1, 0.15) is 28.8 Å². The number of halogens is 1. The van der Waals surface area contributed by atoms with Crippen LogP contribution in [0.15, 0.2) is 36.4 Å². The minimum atomic E-state index is -0.684. The molecule has 1 aromatic carbocycles. The second kappa shape index (κ2) is 4.59. The largest absolute Gasteiger partial charge is 0.384 e. The van der Waals surface area contributed by atoms with Gasteiger partial charge in [0.15, 0.2) is 0 Å². The van der Waals surface area contributed by atoms with E-state index in [1.54, 1.807) is 11.3 Å². The highest BCUT2D eigenvalue weighted by atomic mass is 35.5. The fourth-order valence-corrected chi connectivity index (χ4v) is 5.40. The van der Waals surface area contributed by atoms with Gasteiger partial charge in [0, 0.05) is 4.88 Å². The Balaban J connectivity index is 1.81. The van der Waals surface area contributed by atoms with Crippen LogP contribution in [0.25, 0.3) is 0 Å². The molecule has 0 spiro atoms. The molecule has 1 nitrogen and oxygen atoms in total. The summed E-state index contributed by atoms with van der Waals surface area (Å²) in [4.78, 5) is 1.06. The van der Waals surface area contributed by atoms with E-state index >= 15 is 0 Å². The molecule has 2 bridgehead atoms. The molecule has 20 heavy (non-hydrogen) atoms. The van der Waals surface area contributed by atoms with E-state index in [9.17, 15) is 5.11 Å². The van der Waals surface area contributed by atoms with Gasteiger partial charge in [0.1, 0.15) is 5.60 Å². The summed E-state index contributed by atoms with van der Waals surface area (Å²) in [5.41, 5.74) is 2.15. The zero-order valence-electron chi connectivity index (χ0n) is 11.2. The Hall–Kier alpha value is -0.830. The Morgan fingerprint density at radius 3 is 2.10 bits per heavy atom. The molecule has 0 radical (unpaired) electrons. The highest BCUT2D eigenvalue weighted by molar-refractivity contribution is 7.16. The van der Waals surface area contributed by atoms with Crippen LogP contribution in [-0.2, 0) is 18.4 Å². The summed E-state index contributed by atoms with van der Waals surface area (Å²) >= 11 is 7.64. The van der Waals surface area contributed by atoms with Crippen LogP contribution in [0.2, 0.25) is 4.34 Å². The number of benzene rings is 1. The first-order valence-electron chi connectivity index (χ1n) is 7.23. The molecule has 1 N–H and O–H groups in total. The van der Waals surface area contributed by atoms with Crippen LogP contribution in [0, 0.1) is 11.8 Å². The molecule has 4 rings (SSSR count). The summed E-state index contributed by atoms with van der Waals surface area (Å²) in [6.45, 7) is 0. The molecule has 0 saturated heterocycles. The van der Waals surface area contributed by atoms with E-state index in [1.807, 2.05) is 12.1 Å². The number of rotatable bonds is 1. The Labute approximate surface area is 128 Å². The molecular weight excluding hydrogens is 288 g/mol. The van der Waals surface area contributed by atoms with E-state index in [0.29, 0.717) is 11.8 Å². The molecule has 2 aliphatic rings. The number of fused-ring (bicyclic) bond motifs is 3. The highest BCUT2D eigenvalue weighted by Crippen LogP contribution is 2.54. The Kier molecular flexibility index (Phi) is 2.95. The van der Waals surface area contributed by atoms with Crippen LogP contribution in [-0.4, -0.2) is 5.11 Å². The Morgan fingerprint density at radius 1 is 1.00 bits per heavy atom. The van der Waals surface area contributed by atoms with Gasteiger partial charge in [-0.15, -0.1) is 11.3 Å². The first kappa shape index (κ1) is 12.9. The average Bonchev–Trinajstić information content (AvgIpc) is 2.94. The van der Waals surface area contributed by atoms with E-state index < -0.39 is 5.60 Å². The third-order valence-electron chi connectivity index (χ3n) is 5.13. The Morgan fingerprint density at radius 2 is 1.60 bits per heavy atom. The lowest BCUT2D eigenvalue weighted by Crippen LogP contribution is -2.36. The van der Waals surface area contributed by atoms with Crippen LogP contribution >= 0.6 is 22.9 Å². The van der Waals surface area contributed by atoms with Crippen LogP contribution in [0.5, 0.6) is 0 Å². The molecule has 1 fully saturated rings. The van der Waals surface area contributed by atoms with Gasteiger partial charge in [-0.1, -0.05) is 35.9 Å². The average molecular weight is 305 g/mol. The highest BCUT2D eigenvalue weighted by Gasteiger charge is 2.52. The van der Waals surface area contributed by atoms with Crippen LogP contribution in [0.3, 0.4) is 0 Å². The van der Waals surface area contributed by atoms with Crippen molar-refractivity contribution in [2.45, 2.75) is 31.3 Å². The number of hydrogen-bond donors (Lipinski definition) is 1. The summed E-state index contributed by atoms with van der Waals surface area (Å²) in [6, 6.07) is 12.6. The summed E-state index contributed by atoms with van der Waals surface area (Å²) < 4.78 is 0.773. The quantitative estimate of drug-likeness (QED) is 0.827. The van der Waals surface area contributed by atoms with Gasteiger partial charge in [-0.25, -0.2) is 0 Å². The van der Waals surface area contributed by atoms with Gasteiger partial charge in [0.25, 0.3) is 0 Å². The fourth-order valence-electron chi connectivity index (χ4n) is 4.11. The summed E-state index contributed by atoms with van der Waals surface area (Å²) in [6.07, 6.45) is 4.20. The van der Waals surface area contributed by atoms with Crippen molar-refractivity contribution >= 4 is 22.9 Å². The van der Waals surface area contributed by atoms with Crippen LogP contribution in [0.4, 0.5) is 0 Å². The molecule has 1 aromatic heterocycles. The zero-order chi connectivity index (χ0) is 13.7. The molecule has 104 valence electrons. The topological polar surface area (TPSA) is 20.2 Å². The number of hydrogen-bond acceptors (Lipinski definition) is 2. The van der Waals surface area contributed by atoms with E-state index in [1.165, 1.54) is 11.1 Å². The smallest absolute Gasteiger partial charge is 0.105 e. The summed E-state index contributed by atoms with van der Waals surface area (Å²) in [5.74, 6) is 0.650. The summed E-state index contributed by atoms with van der Waals surface area (Å²) in [7, 11) is 0. The molecule has 1 saturated carbocycles. The maximum atomic E-state index is 11.5. The minimum Gasteiger partial charge on any atom is -0.384 e. The van der Waals surface area contributed by atoms with Crippen molar-refractivity contribution in [3.05, 3.63) is 56.7 Å². The molecule has 2 unspecified atom stereocenters. The molecule has 2 aliphatic carbocycles. The minimum absolute atomic E-state index is 0.325. The van der Waals surface area contributed by atoms with Crippen molar-refractivity contribution in [2.75, 3.05) is 0 Å². The van der Waals surface area contributed by atoms with Gasteiger partial charge in [-0.05, 0) is 60.8 Å². The predicted octanol–water partition coefficient (Wildman–Crippen LogP) is 4.41. The SMILES string of the molecule is OC1(c2ccc(Cl)s2)C2CCC1Cc1ccccc1C2. The van der Waals surface area contributed by atoms with Crippen molar-refractivity contribution in [1.82, 2.24) is 0 Å². The predicted molar refractivity (Wildman–Crippen MR) is 83.3 cm³/mol. The molecule has 2 aromatic rings. The van der Waals surface area contributed by atoms with Gasteiger partial charge in [-0.2, -0.15) is 0 Å². The second-order valence-electron chi connectivity index (χ2n) is 6.08. The third kappa shape index (κ3) is 1.78. The van der Waals surface area contributed by atoms with E-state index in [-0.39, 0.29) is 0 Å². The monoisotopic (exact) mass is 304 g/mol. The first-order valence-corrected chi connectivity index (χ1v) is 8.42. The first-order chi connectivity index (χ1) is 9.68. The number of aliphatic hydroxyl groups is 1. The lowest BCUT2D eigenvalue weighted by atomic mass is 9.81. The van der Waals surface area contributed by atoms with E-state index in [4.69, 9.17) is 11.6 Å². The van der Waals surface area contributed by atoms with Crippen molar-refractivity contribution in [2.24, 2.45) is 11.8 Å². The Bertz CT molecular complexity index is 615. The van der Waals surface area contributed by atoms with E-state index in [2.05, 4.69) is 24.3 Å². The lowest BCUT2D eigenvalue weighted by molar-refractivity contribution is -0.0361. The molecule has 3 heteroatoms. The van der Waals surface area contributed by atoms with Gasteiger partial charge in [0.2, 0.25) is 0 Å². The fraction of sp³-hybridized carbons (Fsp3) is 0.412. The van der Waals surface area contributed by atoms with Crippen LogP contribution < -0.4 is 0 Å². The standard InChI is InChI=1S/C17H17ClOS/c18-16-8-7-15(20-16)17(19)13-5-6-14(17)10-12-4-2-1-3-11(12)9-13/h1-4,7-8,13-14,19H,5-6,9-10H2. The molecule has 0 amide bonds. The molecule has 0 aliphatic heterocycles. The normalized spacial score (nSPS) is 31.9. The van der Waals surface area contributed by atoms with Crippen molar-refractivity contribution in [3.8, 4) is 0 Å². The van der Waals surface area contributed by atoms with Crippen molar-refractivity contribution in [3.63, 3.8) is 0 Å². The van der Waals surface area contributed by atoms with Crippen molar-refractivity contribution in [1.29, 1.82) is 0 Å². The number of thiophene rings is 1. The summed E-state index contributed by atoms with van der Waals surface area (Å²) in [5, 5.41) is 11.5. The van der Waals surface area contributed by atoms with E-state index in [0.717, 1.165) is 34.9 Å². The van der Waals surface area contributed by atoms with Crippen molar-refractivity contribution < 1.29 is 5.11 Å². The van der Waals surface area contributed by atoms with Gasteiger partial charge in [0.05, 0.1) is 4.34 Å². The molecule has 1 heterocycles. The zero-order valence-corrected chi connectivity index (χ0v) is 12.8. The van der Waals surface area contributed by atoms with Gasteiger partial charge in [-0.3, -0.25) is 0 Å². The molecular formula is C17H17ClOS. The second-order valence-corrected chi connectivity index (χ2v) is 7.79. The van der Waals surface area contributed by atoms with Gasteiger partial charge < -0.3 is 5.11 Å². The maximum Gasteiger partial charge on any atom is 0.105 e. The maximum absolute atomic E-state index is 11.5. The lowest BCUT2D eigenvalue weighted by Gasteiger charge is -2.33. The third-order valence-corrected chi connectivity index (χ3v) is 6.50.